The number of aryl methyl sites for hydroxylation is 1. The molecule has 0 bridgehead atoms. The number of carbonyl (C=O) groups excluding carboxylic acids is 3. The summed E-state index contributed by atoms with van der Waals surface area (Å²) in [5.41, 5.74) is 3.49. The number of amides is 4. The van der Waals surface area contributed by atoms with Gasteiger partial charge in [-0.1, -0.05) is 53.8 Å². The third kappa shape index (κ3) is 8.01. The van der Waals surface area contributed by atoms with Crippen molar-refractivity contribution in [2.24, 2.45) is 7.05 Å². The lowest BCUT2D eigenvalue weighted by molar-refractivity contribution is -0.145. The molecule has 2 atom stereocenters. The smallest absolute Gasteiger partial charge is 0.318 e. The summed E-state index contributed by atoms with van der Waals surface area (Å²) < 4.78 is 12.7. The quantitative estimate of drug-likeness (QED) is 0.234. The van der Waals surface area contributed by atoms with Crippen LogP contribution in [0.25, 0.3) is 11.3 Å². The number of phenols is 1. The number of nitrogens with zero attached hydrogens (tertiary/aromatic N) is 4. The Balaban J connectivity index is 1.11. The first-order valence-corrected chi connectivity index (χ1v) is 18.8. The van der Waals surface area contributed by atoms with Crippen LogP contribution in [0.15, 0.2) is 79.0 Å². The van der Waals surface area contributed by atoms with Crippen LogP contribution in [0.4, 0.5) is 10.5 Å². The Morgan fingerprint density at radius 1 is 0.981 bits per heavy atom. The lowest BCUT2D eigenvalue weighted by atomic mass is 9.99. The molecule has 3 aromatic carbocycles. The van der Waals surface area contributed by atoms with Gasteiger partial charge in [0.2, 0.25) is 5.91 Å². The first-order valence-electron chi connectivity index (χ1n) is 17.4. The fraction of sp³-hybridized carbons (Fsp3) is 0.333. The maximum absolute atomic E-state index is 14.8. The van der Waals surface area contributed by atoms with Gasteiger partial charge in [-0.25, -0.2) is 4.79 Å². The molecule has 1 aromatic heterocycles. The van der Waals surface area contributed by atoms with Crippen LogP contribution in [-0.4, -0.2) is 98.7 Å². The summed E-state index contributed by atoms with van der Waals surface area (Å²) in [7, 11) is 1.78. The van der Waals surface area contributed by atoms with Crippen LogP contribution in [0, 0.1) is 11.8 Å². The van der Waals surface area contributed by atoms with E-state index in [0.717, 1.165) is 0 Å². The molecule has 4 aromatic rings. The number of hydrogen-bond donors (Lipinski definition) is 3. The van der Waals surface area contributed by atoms with Gasteiger partial charge < -0.3 is 35.0 Å². The van der Waals surface area contributed by atoms with Crippen molar-refractivity contribution in [1.82, 2.24) is 24.9 Å². The van der Waals surface area contributed by atoms with Crippen molar-refractivity contribution >= 4 is 46.9 Å². The van der Waals surface area contributed by atoms with Crippen LogP contribution in [0.5, 0.6) is 5.75 Å². The van der Waals surface area contributed by atoms with Gasteiger partial charge in [0.25, 0.3) is 5.91 Å². The summed E-state index contributed by atoms with van der Waals surface area (Å²) in [6, 6.07) is 18.9. The number of aromatic hydroxyl groups is 1. The Morgan fingerprint density at radius 3 is 2.43 bits per heavy atom. The average Bonchev–Trinajstić information content (AvgIpc) is 3.74. The molecule has 4 amide bonds. The molecule has 14 heteroatoms. The molecule has 4 heterocycles. The number of morpholine rings is 1. The Kier molecular flexibility index (Phi) is 10.9. The van der Waals surface area contributed by atoms with Gasteiger partial charge in [-0.3, -0.25) is 14.3 Å². The van der Waals surface area contributed by atoms with Crippen molar-refractivity contribution in [2.75, 3.05) is 50.6 Å². The summed E-state index contributed by atoms with van der Waals surface area (Å²) in [5, 5.41) is 21.4. The number of halogens is 1. The van der Waals surface area contributed by atoms with Gasteiger partial charge in [-0.05, 0) is 48.0 Å². The SMILES string of the molecule is Cn1cc(C#Cc2ccc(NC(=O)[C@@H]3CSC4(CCOCC4)N3C(=O)[C@H](NC(=O)N3CCOCC3)c3ccccc3)cc2)c(-c2cc(Cl)ccc2O)n1. The molecule has 0 unspecified atom stereocenters. The fourth-order valence-electron chi connectivity index (χ4n) is 6.82. The Hall–Kier alpha value is -5.00. The number of urea groups is 1. The predicted octanol–water partition coefficient (Wildman–Crippen LogP) is 5.02. The van der Waals surface area contributed by atoms with Gasteiger partial charge >= 0.3 is 6.03 Å². The van der Waals surface area contributed by atoms with Crippen LogP contribution in [0.1, 0.15) is 35.6 Å². The summed E-state index contributed by atoms with van der Waals surface area (Å²) in [5.74, 6) is 6.07. The van der Waals surface area contributed by atoms with Gasteiger partial charge in [0, 0.05) is 80.0 Å². The highest BCUT2D eigenvalue weighted by atomic mass is 35.5. The average molecular weight is 755 g/mol. The van der Waals surface area contributed by atoms with E-state index < -0.39 is 17.0 Å². The molecule has 3 fully saturated rings. The number of anilines is 1. The van der Waals surface area contributed by atoms with E-state index in [-0.39, 0.29) is 23.6 Å². The van der Waals surface area contributed by atoms with Gasteiger partial charge in [-0.15, -0.1) is 11.8 Å². The largest absolute Gasteiger partial charge is 0.507 e. The van der Waals surface area contributed by atoms with Gasteiger partial charge in [0.15, 0.2) is 0 Å². The first-order chi connectivity index (χ1) is 25.7. The highest BCUT2D eigenvalue weighted by Gasteiger charge is 2.54. The van der Waals surface area contributed by atoms with Crippen molar-refractivity contribution < 1.29 is 29.0 Å². The predicted molar refractivity (Wildman–Crippen MR) is 202 cm³/mol. The molecule has 0 aliphatic carbocycles. The summed E-state index contributed by atoms with van der Waals surface area (Å²) >= 11 is 7.77. The number of aromatic nitrogens is 2. The molecule has 53 heavy (non-hydrogen) atoms. The zero-order valence-electron chi connectivity index (χ0n) is 29.1. The molecular formula is C39H39ClN6O6S. The highest BCUT2D eigenvalue weighted by molar-refractivity contribution is 8.01. The molecular weight excluding hydrogens is 716 g/mol. The number of nitrogens with one attached hydrogen (secondary N) is 2. The number of phenolic OH excluding ortho intramolecular Hbond substituents is 1. The Morgan fingerprint density at radius 2 is 1.70 bits per heavy atom. The van der Waals surface area contributed by atoms with Crippen LogP contribution < -0.4 is 10.6 Å². The number of ether oxygens (including phenoxy) is 2. The zero-order valence-corrected chi connectivity index (χ0v) is 30.7. The van der Waals surface area contributed by atoms with E-state index in [1.54, 1.807) is 75.9 Å². The van der Waals surface area contributed by atoms with E-state index in [2.05, 4.69) is 27.6 Å². The Bertz CT molecular complexity index is 2040. The molecule has 3 N–H and O–H groups in total. The maximum Gasteiger partial charge on any atom is 0.318 e. The van der Waals surface area contributed by atoms with E-state index in [1.165, 1.54) is 6.07 Å². The number of rotatable bonds is 6. The molecule has 274 valence electrons. The number of benzene rings is 3. The van der Waals surface area contributed by atoms with Gasteiger partial charge in [0.05, 0.1) is 23.6 Å². The molecule has 12 nitrogen and oxygen atoms in total. The van der Waals surface area contributed by atoms with E-state index in [1.807, 2.05) is 30.3 Å². The molecule has 0 radical (unpaired) electrons. The normalized spacial score (nSPS) is 18.6. The maximum atomic E-state index is 14.8. The number of thioether (sulfide) groups is 1. The minimum absolute atomic E-state index is 0.0493. The lowest BCUT2D eigenvalue weighted by Gasteiger charge is -2.43. The summed E-state index contributed by atoms with van der Waals surface area (Å²) in [6.07, 6.45) is 2.90. The van der Waals surface area contributed by atoms with E-state index in [0.29, 0.717) is 96.8 Å². The summed E-state index contributed by atoms with van der Waals surface area (Å²) in [6.45, 7) is 2.64. The molecule has 3 aliphatic rings. The zero-order chi connectivity index (χ0) is 37.0. The highest BCUT2D eigenvalue weighted by Crippen LogP contribution is 2.47. The second-order valence-electron chi connectivity index (χ2n) is 13.0. The molecule has 3 saturated heterocycles. The van der Waals surface area contributed by atoms with Gasteiger partial charge in [0.1, 0.15) is 23.5 Å². The minimum Gasteiger partial charge on any atom is -0.507 e. The molecule has 1 spiro atoms. The third-order valence-corrected chi connectivity index (χ3v) is 11.4. The number of hydrogen-bond acceptors (Lipinski definition) is 8. The van der Waals surface area contributed by atoms with Crippen molar-refractivity contribution in [3.63, 3.8) is 0 Å². The standard InChI is InChI=1S/C39H39ClN6O6S/c1-44-24-28(34(43-44)31-23-29(40)11-14-33(31)47)10-7-26-8-12-30(13-9-26)41-36(48)32-25-53-39(15-19-51-20-16-39)46(32)37(49)35(27-5-3-2-4-6-27)42-38(50)45-17-21-52-22-18-45/h2-6,8-9,11-14,23-24,32,35,47H,15-22,25H2,1H3,(H,41,48)(H,42,50)/t32-,35+/m0/s1. The van der Waals surface area contributed by atoms with Crippen LogP contribution in [-0.2, 0) is 26.1 Å². The van der Waals surface area contributed by atoms with Crippen molar-refractivity contribution in [3.8, 4) is 28.8 Å². The second kappa shape index (κ2) is 15.9. The third-order valence-electron chi connectivity index (χ3n) is 9.56. The van der Waals surface area contributed by atoms with Gasteiger partial charge in [-0.2, -0.15) is 5.10 Å². The molecule has 0 saturated carbocycles. The topological polar surface area (TPSA) is 138 Å². The molecule has 3 aliphatic heterocycles. The van der Waals surface area contributed by atoms with Crippen LogP contribution in [0.3, 0.4) is 0 Å². The molecule has 7 rings (SSSR count). The van der Waals surface area contributed by atoms with Crippen LogP contribution in [0.2, 0.25) is 5.02 Å². The fourth-order valence-corrected chi connectivity index (χ4v) is 8.57. The van der Waals surface area contributed by atoms with Crippen molar-refractivity contribution in [1.29, 1.82) is 0 Å². The Labute approximate surface area is 316 Å². The van der Waals surface area contributed by atoms with E-state index in [9.17, 15) is 19.5 Å². The lowest BCUT2D eigenvalue weighted by Crippen LogP contribution is -2.59. The second-order valence-corrected chi connectivity index (χ2v) is 14.8. The van der Waals surface area contributed by atoms with E-state index >= 15 is 0 Å². The monoisotopic (exact) mass is 754 g/mol. The summed E-state index contributed by atoms with van der Waals surface area (Å²) in [4.78, 5) is 45.0. The van der Waals surface area contributed by atoms with E-state index in [4.69, 9.17) is 21.1 Å². The van der Waals surface area contributed by atoms with Crippen molar-refractivity contribution in [3.05, 3.63) is 101 Å². The van der Waals surface area contributed by atoms with Crippen LogP contribution >= 0.6 is 23.4 Å². The van der Waals surface area contributed by atoms with Crippen molar-refractivity contribution in [2.45, 2.75) is 29.8 Å². The minimum atomic E-state index is -0.999. The number of carbonyl (C=O) groups is 3. The first kappa shape index (κ1) is 36.4.